The maximum absolute atomic E-state index is 14.0. The van der Waals surface area contributed by atoms with Crippen LogP contribution in [0.3, 0.4) is 0 Å². The van der Waals surface area contributed by atoms with Gasteiger partial charge in [0, 0.05) is 11.1 Å². The van der Waals surface area contributed by atoms with Crippen molar-refractivity contribution in [2.24, 2.45) is 0 Å². The highest BCUT2D eigenvalue weighted by Crippen LogP contribution is 2.44. The van der Waals surface area contributed by atoms with Crippen LogP contribution in [0.25, 0.3) is 11.0 Å². The number of Topliss-reactive ketones (excluding diaryl/α,β-unsaturated/α-hetero) is 1. The van der Waals surface area contributed by atoms with Crippen LogP contribution in [0.4, 0.5) is 5.13 Å². The van der Waals surface area contributed by atoms with Crippen LogP contribution in [0.15, 0.2) is 99.0 Å². The second-order valence-electron chi connectivity index (χ2n) is 9.29. The predicted molar refractivity (Wildman–Crippen MR) is 161 cm³/mol. The van der Waals surface area contributed by atoms with E-state index in [9.17, 15) is 14.7 Å². The van der Waals surface area contributed by atoms with E-state index in [0.717, 1.165) is 5.56 Å². The van der Waals surface area contributed by atoms with Gasteiger partial charge in [0.1, 0.15) is 5.75 Å². The number of aromatic nitrogens is 2. The first-order valence-electron chi connectivity index (χ1n) is 13.1. The Balaban J connectivity index is 1.38. The fourth-order valence-electron chi connectivity index (χ4n) is 4.78. The molecule has 0 fully saturated rings. The predicted octanol–water partition coefficient (Wildman–Crippen LogP) is 6.77. The Kier molecular flexibility index (Phi) is 7.68. The molecular formula is C31H25N3O6S2. The van der Waals surface area contributed by atoms with Crippen LogP contribution in [-0.4, -0.2) is 40.7 Å². The molecule has 1 amide bonds. The summed E-state index contributed by atoms with van der Waals surface area (Å²) in [5, 5.41) is 20.6. The number of aliphatic hydroxyl groups is 1. The summed E-state index contributed by atoms with van der Waals surface area (Å²) in [5.41, 5.74) is 1.99. The monoisotopic (exact) mass is 599 g/mol. The summed E-state index contributed by atoms with van der Waals surface area (Å²) in [6.45, 7) is 2.37. The molecule has 3 heterocycles. The summed E-state index contributed by atoms with van der Waals surface area (Å²) >= 11 is 2.71. The molecule has 3 aromatic carbocycles. The van der Waals surface area contributed by atoms with E-state index >= 15 is 0 Å². The number of hydrogen-bond donors (Lipinski definition) is 1. The van der Waals surface area contributed by atoms with E-state index in [1.54, 1.807) is 48.5 Å². The number of furan rings is 1. The Bertz CT molecular complexity index is 1800. The lowest BCUT2D eigenvalue weighted by Crippen LogP contribution is -2.31. The number of amides is 1. The smallest absolute Gasteiger partial charge is 0.296 e. The number of ketones is 1. The molecule has 6 rings (SSSR count). The molecule has 1 aliphatic rings. The van der Waals surface area contributed by atoms with Gasteiger partial charge in [-0.25, -0.2) is 0 Å². The quantitative estimate of drug-likeness (QED) is 0.106. The van der Waals surface area contributed by atoms with Crippen LogP contribution in [0.1, 0.15) is 34.6 Å². The number of anilines is 1. The van der Waals surface area contributed by atoms with Crippen molar-refractivity contribution in [1.82, 2.24) is 10.2 Å². The highest BCUT2D eigenvalue weighted by atomic mass is 32.2. The molecule has 5 aromatic rings. The van der Waals surface area contributed by atoms with E-state index in [1.165, 1.54) is 35.1 Å². The van der Waals surface area contributed by atoms with Crippen molar-refractivity contribution in [3.05, 3.63) is 107 Å². The van der Waals surface area contributed by atoms with E-state index in [4.69, 9.17) is 13.9 Å². The van der Waals surface area contributed by atoms with E-state index in [0.29, 0.717) is 44.7 Å². The summed E-state index contributed by atoms with van der Waals surface area (Å²) in [5.74, 6) is -0.290. The van der Waals surface area contributed by atoms with Gasteiger partial charge >= 0.3 is 0 Å². The van der Waals surface area contributed by atoms with Gasteiger partial charge in [-0.3, -0.25) is 14.5 Å². The third kappa shape index (κ3) is 5.12. The molecule has 9 nitrogen and oxygen atoms in total. The molecule has 212 valence electrons. The molecule has 0 spiro atoms. The minimum atomic E-state index is -0.976. The number of methoxy groups -OCH3 is 1. The molecule has 0 aliphatic carbocycles. The van der Waals surface area contributed by atoms with Gasteiger partial charge in [0.15, 0.2) is 27.2 Å². The van der Waals surface area contributed by atoms with Gasteiger partial charge in [-0.05, 0) is 42.3 Å². The maximum Gasteiger partial charge on any atom is 0.296 e. The molecule has 0 saturated heterocycles. The Morgan fingerprint density at radius 3 is 2.60 bits per heavy atom. The van der Waals surface area contributed by atoms with E-state index in [1.807, 2.05) is 37.3 Å². The summed E-state index contributed by atoms with van der Waals surface area (Å²) in [4.78, 5) is 28.9. The third-order valence-corrected chi connectivity index (χ3v) is 8.85. The van der Waals surface area contributed by atoms with Gasteiger partial charge in [0.25, 0.3) is 5.91 Å². The second-order valence-corrected chi connectivity index (χ2v) is 11.5. The minimum Gasteiger partial charge on any atom is -0.503 e. The number of carbonyl (C=O) groups is 2. The first-order chi connectivity index (χ1) is 20.5. The normalized spacial score (nSPS) is 15.0. The first kappa shape index (κ1) is 27.6. The van der Waals surface area contributed by atoms with Gasteiger partial charge in [-0.2, -0.15) is 0 Å². The van der Waals surface area contributed by atoms with Crippen molar-refractivity contribution in [2.75, 3.05) is 18.6 Å². The molecule has 1 atom stereocenters. The highest BCUT2D eigenvalue weighted by molar-refractivity contribution is 8.00. The number of ether oxygens (including phenoxy) is 2. The van der Waals surface area contributed by atoms with Crippen molar-refractivity contribution < 1.29 is 28.6 Å². The summed E-state index contributed by atoms with van der Waals surface area (Å²) in [6, 6.07) is 22.9. The van der Waals surface area contributed by atoms with Gasteiger partial charge in [-0.1, -0.05) is 77.7 Å². The Morgan fingerprint density at radius 1 is 1.07 bits per heavy atom. The van der Waals surface area contributed by atoms with Gasteiger partial charge in [0.05, 0.1) is 25.3 Å². The summed E-state index contributed by atoms with van der Waals surface area (Å²) in [6.07, 6.45) is 0. The average molecular weight is 600 g/mol. The van der Waals surface area contributed by atoms with Crippen molar-refractivity contribution in [3.8, 4) is 11.5 Å². The number of carbonyl (C=O) groups excluding carboxylic acids is 2. The molecule has 42 heavy (non-hydrogen) atoms. The lowest BCUT2D eigenvalue weighted by Gasteiger charge is -2.24. The number of rotatable bonds is 10. The molecule has 1 unspecified atom stereocenters. The number of thioether (sulfide) groups is 1. The molecule has 1 N–H and O–H groups in total. The van der Waals surface area contributed by atoms with Crippen LogP contribution >= 0.6 is 23.1 Å². The zero-order valence-electron chi connectivity index (χ0n) is 22.6. The van der Waals surface area contributed by atoms with Gasteiger partial charge in [-0.15, -0.1) is 10.2 Å². The molecular weight excluding hydrogens is 574 g/mol. The Hall–Kier alpha value is -4.61. The van der Waals surface area contributed by atoms with E-state index < -0.39 is 23.5 Å². The van der Waals surface area contributed by atoms with E-state index in [2.05, 4.69) is 10.2 Å². The molecule has 2 aromatic heterocycles. The topological polar surface area (TPSA) is 115 Å². The van der Waals surface area contributed by atoms with Crippen LogP contribution in [0, 0.1) is 0 Å². The standard InChI is InChI=1S/C31H25N3O6S2/c1-3-39-21-14-12-19(13-15-21)25-24(26(35)23-16-20-10-7-11-22(38-2)28(20)40-23)27(36)29(37)34(25)30-32-33-31(42-30)41-17-18-8-5-4-6-9-18/h4-16,25,36H,3,17H2,1-2H3. The summed E-state index contributed by atoms with van der Waals surface area (Å²) in [7, 11) is 1.51. The molecule has 0 radical (unpaired) electrons. The lowest BCUT2D eigenvalue weighted by molar-refractivity contribution is -0.117. The fraction of sp³-hybridized carbons (Fsp3) is 0.161. The van der Waals surface area contributed by atoms with Gasteiger partial charge in [0.2, 0.25) is 10.9 Å². The molecule has 0 saturated carbocycles. The Labute approximate surface area is 249 Å². The van der Waals surface area contributed by atoms with Crippen LogP contribution < -0.4 is 14.4 Å². The number of hydrogen-bond acceptors (Lipinski definition) is 10. The minimum absolute atomic E-state index is 0.0296. The average Bonchev–Trinajstić information content (AvgIpc) is 3.73. The number of benzene rings is 3. The fourth-order valence-corrected chi connectivity index (χ4v) is 6.61. The highest BCUT2D eigenvalue weighted by Gasteiger charge is 2.47. The van der Waals surface area contributed by atoms with Crippen molar-refractivity contribution in [1.29, 1.82) is 0 Å². The van der Waals surface area contributed by atoms with Crippen molar-refractivity contribution >= 4 is 50.9 Å². The zero-order chi connectivity index (χ0) is 29.2. The van der Waals surface area contributed by atoms with Crippen LogP contribution in [-0.2, 0) is 10.5 Å². The molecule has 1 aliphatic heterocycles. The Morgan fingerprint density at radius 2 is 1.86 bits per heavy atom. The summed E-state index contributed by atoms with van der Waals surface area (Å²) < 4.78 is 17.5. The van der Waals surface area contributed by atoms with Crippen LogP contribution in [0.2, 0.25) is 0 Å². The maximum atomic E-state index is 14.0. The number of fused-ring (bicyclic) bond motifs is 1. The molecule has 11 heteroatoms. The van der Waals surface area contributed by atoms with Crippen molar-refractivity contribution in [2.45, 2.75) is 23.1 Å². The zero-order valence-corrected chi connectivity index (χ0v) is 24.3. The largest absolute Gasteiger partial charge is 0.503 e. The molecule has 0 bridgehead atoms. The number of aliphatic hydroxyl groups excluding tert-OH is 1. The van der Waals surface area contributed by atoms with E-state index in [-0.39, 0.29) is 16.5 Å². The lowest BCUT2D eigenvalue weighted by atomic mass is 9.95. The van der Waals surface area contributed by atoms with Gasteiger partial charge < -0.3 is 19.0 Å². The number of para-hydroxylation sites is 1. The SMILES string of the molecule is CCOc1ccc(C2C(C(=O)c3cc4cccc(OC)c4o3)=C(O)C(=O)N2c2nnc(SCc3ccccc3)s2)cc1. The first-order valence-corrected chi connectivity index (χ1v) is 14.9. The van der Waals surface area contributed by atoms with Crippen LogP contribution in [0.5, 0.6) is 11.5 Å². The third-order valence-electron chi connectivity index (χ3n) is 6.72. The second kappa shape index (κ2) is 11.7. The number of nitrogens with zero attached hydrogens (tertiary/aromatic N) is 3. The van der Waals surface area contributed by atoms with Crippen molar-refractivity contribution in [3.63, 3.8) is 0 Å².